The van der Waals surface area contributed by atoms with Gasteiger partial charge in [0.15, 0.2) is 11.5 Å². The Labute approximate surface area is 199 Å². The third-order valence-corrected chi connectivity index (χ3v) is 6.14. The van der Waals surface area contributed by atoms with E-state index >= 15 is 0 Å². The van der Waals surface area contributed by atoms with Gasteiger partial charge in [-0.1, -0.05) is 110 Å². The van der Waals surface area contributed by atoms with Crippen molar-refractivity contribution >= 4 is 0 Å². The summed E-state index contributed by atoms with van der Waals surface area (Å²) in [6.45, 7) is 6.28. The average molecular weight is 449 g/mol. The van der Waals surface area contributed by atoms with Gasteiger partial charge in [-0.05, 0) is 43.4 Å². The first-order valence-corrected chi connectivity index (χ1v) is 13.8. The molecule has 0 bridgehead atoms. The lowest BCUT2D eigenvalue weighted by molar-refractivity contribution is 0.258. The molecule has 0 aliphatic rings. The van der Waals surface area contributed by atoms with Crippen molar-refractivity contribution in [1.82, 2.24) is 0 Å². The molecule has 0 saturated carbocycles. The number of aryl methyl sites for hydroxylation is 1. The van der Waals surface area contributed by atoms with Gasteiger partial charge in [0.05, 0.1) is 13.2 Å². The summed E-state index contributed by atoms with van der Waals surface area (Å²) in [4.78, 5) is 0. The van der Waals surface area contributed by atoms with Crippen LogP contribution < -0.4 is 9.47 Å². The van der Waals surface area contributed by atoms with Gasteiger partial charge in [-0.15, -0.1) is 0 Å². The van der Waals surface area contributed by atoms with E-state index in [1.54, 1.807) is 0 Å². The fraction of sp³-hybridized carbons (Fsp3) is 0.793. The Morgan fingerprint density at radius 1 is 0.562 bits per heavy atom. The Bertz CT molecular complexity index is 529. The highest BCUT2D eigenvalue weighted by Crippen LogP contribution is 2.29. The number of hydrogen-bond acceptors (Lipinski definition) is 3. The van der Waals surface area contributed by atoms with Crippen LogP contribution in [0, 0.1) is 0 Å². The predicted molar refractivity (Wildman–Crippen MR) is 138 cm³/mol. The maximum atomic E-state index is 9.13. The molecule has 0 aliphatic heterocycles. The van der Waals surface area contributed by atoms with Crippen molar-refractivity contribution in [3.63, 3.8) is 0 Å². The Kier molecular flexibility index (Phi) is 19.5. The largest absolute Gasteiger partial charge is 0.490 e. The molecule has 0 aromatic heterocycles. The van der Waals surface area contributed by atoms with Crippen molar-refractivity contribution in [3.8, 4) is 11.5 Å². The van der Waals surface area contributed by atoms with Gasteiger partial charge in [0.1, 0.15) is 0 Å². The molecule has 3 heteroatoms. The summed E-state index contributed by atoms with van der Waals surface area (Å²) in [6, 6.07) is 6.28. The van der Waals surface area contributed by atoms with E-state index in [1.165, 1.54) is 95.5 Å². The van der Waals surface area contributed by atoms with Crippen molar-refractivity contribution < 1.29 is 14.6 Å². The van der Waals surface area contributed by atoms with Crippen LogP contribution in [0.4, 0.5) is 0 Å². The number of benzene rings is 1. The van der Waals surface area contributed by atoms with Crippen LogP contribution in [0.25, 0.3) is 0 Å². The predicted octanol–water partition coefficient (Wildman–Crippen LogP) is 8.65. The molecule has 0 atom stereocenters. The van der Waals surface area contributed by atoms with E-state index in [9.17, 15) is 0 Å². The molecule has 1 aromatic carbocycles. The average Bonchev–Trinajstić information content (AvgIpc) is 2.81. The van der Waals surface area contributed by atoms with Gasteiger partial charge in [-0.3, -0.25) is 0 Å². The van der Waals surface area contributed by atoms with Crippen molar-refractivity contribution in [1.29, 1.82) is 0 Å². The molecule has 0 spiro atoms. The van der Waals surface area contributed by atoms with Crippen LogP contribution in [0.5, 0.6) is 11.5 Å². The Morgan fingerprint density at radius 3 is 1.53 bits per heavy atom. The zero-order chi connectivity index (χ0) is 23.1. The summed E-state index contributed by atoms with van der Waals surface area (Å²) in [5.41, 5.74) is 1.21. The quantitative estimate of drug-likeness (QED) is 0.170. The molecule has 1 N–H and O–H groups in total. The minimum absolute atomic E-state index is 0.227. The summed E-state index contributed by atoms with van der Waals surface area (Å²) in [5, 5.41) is 9.13. The molecular formula is C29H52O3. The summed E-state index contributed by atoms with van der Waals surface area (Å²) in [7, 11) is 0. The summed E-state index contributed by atoms with van der Waals surface area (Å²) >= 11 is 0. The summed E-state index contributed by atoms with van der Waals surface area (Å²) in [6.07, 6.45) is 22.6. The van der Waals surface area contributed by atoms with Crippen LogP contribution in [0.3, 0.4) is 0 Å². The van der Waals surface area contributed by atoms with Crippen LogP contribution in [-0.2, 0) is 6.42 Å². The highest BCUT2D eigenvalue weighted by Gasteiger charge is 2.07. The van der Waals surface area contributed by atoms with Gasteiger partial charge in [0.2, 0.25) is 0 Å². The van der Waals surface area contributed by atoms with E-state index in [1.807, 2.05) is 0 Å². The standard InChI is InChI=1S/C29H52O3/c1-3-5-7-9-11-13-15-17-24-31-28-22-21-27(20-19-23-30)26-29(28)32-25-18-16-14-12-10-8-6-4-2/h21-22,26,30H,3-20,23-25H2,1-2H3. The summed E-state index contributed by atoms with van der Waals surface area (Å²) < 4.78 is 12.2. The van der Waals surface area contributed by atoms with Gasteiger partial charge in [-0.2, -0.15) is 0 Å². The molecule has 0 saturated heterocycles. The molecule has 1 aromatic rings. The van der Waals surface area contributed by atoms with Gasteiger partial charge in [-0.25, -0.2) is 0 Å². The van der Waals surface area contributed by atoms with E-state index in [0.29, 0.717) is 0 Å². The molecule has 1 rings (SSSR count). The minimum Gasteiger partial charge on any atom is -0.490 e. The molecule has 0 unspecified atom stereocenters. The van der Waals surface area contributed by atoms with Crippen LogP contribution in [0.15, 0.2) is 18.2 Å². The molecule has 32 heavy (non-hydrogen) atoms. The van der Waals surface area contributed by atoms with Crippen LogP contribution >= 0.6 is 0 Å². The Morgan fingerprint density at radius 2 is 1.03 bits per heavy atom. The molecular weight excluding hydrogens is 396 g/mol. The zero-order valence-electron chi connectivity index (χ0n) is 21.3. The SMILES string of the molecule is CCCCCCCCCCOc1ccc(CCCO)cc1OCCCCCCCCCC. The molecule has 0 aliphatic carbocycles. The second kappa shape index (κ2) is 21.6. The van der Waals surface area contributed by atoms with Crippen LogP contribution in [-0.4, -0.2) is 24.9 Å². The van der Waals surface area contributed by atoms with Crippen molar-refractivity contribution in [2.45, 2.75) is 129 Å². The summed E-state index contributed by atoms with van der Waals surface area (Å²) in [5.74, 6) is 1.75. The monoisotopic (exact) mass is 448 g/mol. The second-order valence-corrected chi connectivity index (χ2v) is 9.25. The third-order valence-electron chi connectivity index (χ3n) is 6.14. The highest BCUT2D eigenvalue weighted by molar-refractivity contribution is 5.43. The van der Waals surface area contributed by atoms with Crippen molar-refractivity contribution in [3.05, 3.63) is 23.8 Å². The minimum atomic E-state index is 0.227. The zero-order valence-corrected chi connectivity index (χ0v) is 21.3. The molecule has 3 nitrogen and oxygen atoms in total. The molecule has 0 amide bonds. The first-order valence-electron chi connectivity index (χ1n) is 13.8. The fourth-order valence-corrected chi connectivity index (χ4v) is 4.06. The van der Waals surface area contributed by atoms with E-state index in [0.717, 1.165) is 50.4 Å². The lowest BCUT2D eigenvalue weighted by Crippen LogP contribution is -2.04. The lowest BCUT2D eigenvalue weighted by Gasteiger charge is -2.14. The molecule has 0 heterocycles. The first kappa shape index (κ1) is 28.8. The molecule has 0 fully saturated rings. The maximum Gasteiger partial charge on any atom is 0.161 e. The van der Waals surface area contributed by atoms with E-state index in [-0.39, 0.29) is 6.61 Å². The van der Waals surface area contributed by atoms with Gasteiger partial charge in [0, 0.05) is 6.61 Å². The van der Waals surface area contributed by atoms with Crippen molar-refractivity contribution in [2.24, 2.45) is 0 Å². The first-order chi connectivity index (χ1) is 15.8. The topological polar surface area (TPSA) is 38.7 Å². The lowest BCUT2D eigenvalue weighted by atomic mass is 10.1. The Balaban J connectivity index is 2.32. The van der Waals surface area contributed by atoms with Gasteiger partial charge >= 0.3 is 0 Å². The number of unbranched alkanes of at least 4 members (excludes halogenated alkanes) is 14. The van der Waals surface area contributed by atoms with Crippen LogP contribution in [0.1, 0.15) is 129 Å². The number of ether oxygens (including phenoxy) is 2. The molecule has 186 valence electrons. The third kappa shape index (κ3) is 15.6. The maximum absolute atomic E-state index is 9.13. The Hall–Kier alpha value is -1.22. The van der Waals surface area contributed by atoms with Crippen molar-refractivity contribution in [2.75, 3.05) is 19.8 Å². The number of aliphatic hydroxyl groups is 1. The number of aliphatic hydroxyl groups excluding tert-OH is 1. The van der Waals surface area contributed by atoms with E-state index in [2.05, 4.69) is 32.0 Å². The van der Waals surface area contributed by atoms with Gasteiger partial charge < -0.3 is 14.6 Å². The van der Waals surface area contributed by atoms with Crippen LogP contribution in [0.2, 0.25) is 0 Å². The van der Waals surface area contributed by atoms with Gasteiger partial charge in [0.25, 0.3) is 0 Å². The normalized spacial score (nSPS) is 11.1. The smallest absolute Gasteiger partial charge is 0.161 e. The fourth-order valence-electron chi connectivity index (χ4n) is 4.06. The molecule has 0 radical (unpaired) electrons. The highest BCUT2D eigenvalue weighted by atomic mass is 16.5. The van der Waals surface area contributed by atoms with E-state index < -0.39 is 0 Å². The second-order valence-electron chi connectivity index (χ2n) is 9.25. The number of hydrogen-bond donors (Lipinski definition) is 1. The number of rotatable bonds is 23. The van der Waals surface area contributed by atoms with E-state index in [4.69, 9.17) is 14.6 Å².